The molecule has 0 aliphatic carbocycles. The molecular formula is C27H22N4O3S. The van der Waals surface area contributed by atoms with E-state index in [-0.39, 0.29) is 11.7 Å². The van der Waals surface area contributed by atoms with Gasteiger partial charge in [0, 0.05) is 22.8 Å². The van der Waals surface area contributed by atoms with Crippen LogP contribution in [-0.2, 0) is 0 Å². The Bertz CT molecular complexity index is 1520. The lowest BCUT2D eigenvalue weighted by Crippen LogP contribution is -2.15. The number of ether oxygens (including phenoxy) is 1. The predicted octanol–water partition coefficient (Wildman–Crippen LogP) is 5.67. The average molecular weight is 483 g/mol. The lowest BCUT2D eigenvalue weighted by molar-refractivity contribution is 0.101. The van der Waals surface area contributed by atoms with E-state index in [0.717, 1.165) is 15.9 Å². The zero-order valence-corrected chi connectivity index (χ0v) is 20.0. The molecule has 7 nitrogen and oxygen atoms in total. The molecule has 0 unspecified atom stereocenters. The SMILES string of the molecule is CCOc1cccc2sc(-n3nc(C)cc3NC(=O)c3ccc(C(=O)c4ccccc4)cc3)nc12. The second kappa shape index (κ2) is 9.52. The van der Waals surface area contributed by atoms with Crippen molar-refractivity contribution in [2.45, 2.75) is 13.8 Å². The largest absolute Gasteiger partial charge is 0.492 e. The number of fused-ring (bicyclic) bond motifs is 1. The second-order valence-corrected chi connectivity index (χ2v) is 8.85. The molecule has 0 spiro atoms. The zero-order chi connectivity index (χ0) is 24.4. The first-order valence-electron chi connectivity index (χ1n) is 11.1. The highest BCUT2D eigenvalue weighted by atomic mass is 32.1. The van der Waals surface area contributed by atoms with Gasteiger partial charge in [0.2, 0.25) is 5.13 Å². The Hall–Kier alpha value is -4.30. The fourth-order valence-electron chi connectivity index (χ4n) is 3.73. The molecule has 5 aromatic rings. The van der Waals surface area contributed by atoms with Gasteiger partial charge in [0.1, 0.15) is 17.1 Å². The van der Waals surface area contributed by atoms with E-state index in [2.05, 4.69) is 10.4 Å². The van der Waals surface area contributed by atoms with Crippen molar-refractivity contribution >= 4 is 39.1 Å². The van der Waals surface area contributed by atoms with Crippen molar-refractivity contribution < 1.29 is 14.3 Å². The van der Waals surface area contributed by atoms with E-state index >= 15 is 0 Å². The van der Waals surface area contributed by atoms with Crippen LogP contribution < -0.4 is 10.1 Å². The van der Waals surface area contributed by atoms with Gasteiger partial charge in [-0.1, -0.05) is 59.9 Å². The maximum absolute atomic E-state index is 13.0. The number of anilines is 1. The minimum Gasteiger partial charge on any atom is -0.492 e. The summed E-state index contributed by atoms with van der Waals surface area (Å²) in [5.74, 6) is 0.829. The van der Waals surface area contributed by atoms with Gasteiger partial charge in [0.15, 0.2) is 5.78 Å². The standard InChI is InChI=1S/C27H22N4O3S/c1-3-34-21-10-7-11-22-24(21)29-27(35-22)31-23(16-17(2)30-31)28-26(33)20-14-12-19(13-15-20)25(32)18-8-5-4-6-9-18/h4-16H,3H2,1-2H3,(H,28,33). The number of carbonyl (C=O) groups excluding carboxylic acids is 2. The van der Waals surface area contributed by atoms with E-state index in [0.29, 0.717) is 40.0 Å². The first kappa shape index (κ1) is 22.5. The van der Waals surface area contributed by atoms with Gasteiger partial charge in [-0.15, -0.1) is 0 Å². The summed E-state index contributed by atoms with van der Waals surface area (Å²) >= 11 is 1.46. The molecule has 0 atom stereocenters. The minimum absolute atomic E-state index is 0.0893. The van der Waals surface area contributed by atoms with E-state index in [4.69, 9.17) is 9.72 Å². The zero-order valence-electron chi connectivity index (χ0n) is 19.2. The van der Waals surface area contributed by atoms with Crippen LogP contribution in [0.5, 0.6) is 5.75 Å². The number of ketones is 1. The fraction of sp³-hybridized carbons (Fsp3) is 0.111. The Kier molecular flexibility index (Phi) is 6.12. The number of carbonyl (C=O) groups is 2. The number of nitrogens with zero attached hydrogens (tertiary/aromatic N) is 3. The van der Waals surface area contributed by atoms with E-state index in [9.17, 15) is 9.59 Å². The highest BCUT2D eigenvalue weighted by molar-refractivity contribution is 7.20. The van der Waals surface area contributed by atoms with E-state index < -0.39 is 0 Å². The molecule has 1 amide bonds. The third kappa shape index (κ3) is 4.56. The van der Waals surface area contributed by atoms with Gasteiger partial charge >= 0.3 is 0 Å². The lowest BCUT2D eigenvalue weighted by Gasteiger charge is -2.07. The van der Waals surface area contributed by atoms with Crippen LogP contribution in [0.25, 0.3) is 15.3 Å². The highest BCUT2D eigenvalue weighted by Gasteiger charge is 2.17. The number of benzene rings is 3. The molecule has 174 valence electrons. The topological polar surface area (TPSA) is 86.1 Å². The van der Waals surface area contributed by atoms with Crippen LogP contribution in [0.15, 0.2) is 78.9 Å². The maximum atomic E-state index is 13.0. The summed E-state index contributed by atoms with van der Waals surface area (Å²) in [6.45, 7) is 4.33. The number of aromatic nitrogens is 3. The summed E-state index contributed by atoms with van der Waals surface area (Å²) in [7, 11) is 0. The Labute approximate surface area is 206 Å². The van der Waals surface area contributed by atoms with Gasteiger partial charge in [0.25, 0.3) is 5.91 Å². The summed E-state index contributed by atoms with van der Waals surface area (Å²) in [5, 5.41) is 8.08. The number of rotatable bonds is 7. The third-order valence-corrected chi connectivity index (χ3v) is 6.37. The Morgan fingerprint density at radius 1 is 0.943 bits per heavy atom. The van der Waals surface area contributed by atoms with Crippen molar-refractivity contribution in [3.05, 3.63) is 101 Å². The fourth-order valence-corrected chi connectivity index (χ4v) is 4.67. The number of hydrogen-bond donors (Lipinski definition) is 1. The van der Waals surface area contributed by atoms with Gasteiger partial charge in [-0.25, -0.2) is 4.98 Å². The lowest BCUT2D eigenvalue weighted by atomic mass is 10.0. The highest BCUT2D eigenvalue weighted by Crippen LogP contribution is 2.32. The summed E-state index contributed by atoms with van der Waals surface area (Å²) in [5.41, 5.74) is 3.07. The second-order valence-electron chi connectivity index (χ2n) is 7.84. The molecule has 3 aromatic carbocycles. The van der Waals surface area contributed by atoms with E-state index in [1.54, 1.807) is 47.1 Å². The molecule has 5 rings (SSSR count). The molecule has 8 heteroatoms. The van der Waals surface area contributed by atoms with E-state index in [1.807, 2.05) is 50.2 Å². The minimum atomic E-state index is -0.305. The molecule has 0 fully saturated rings. The number of aryl methyl sites for hydroxylation is 1. The molecule has 0 aliphatic rings. The molecule has 0 bridgehead atoms. The van der Waals surface area contributed by atoms with E-state index in [1.165, 1.54) is 11.3 Å². The molecule has 0 saturated heterocycles. The van der Waals surface area contributed by atoms with Crippen molar-refractivity contribution in [1.82, 2.24) is 14.8 Å². The summed E-state index contributed by atoms with van der Waals surface area (Å²) in [6.07, 6.45) is 0. The maximum Gasteiger partial charge on any atom is 0.256 e. The first-order chi connectivity index (χ1) is 17.0. The number of hydrogen-bond acceptors (Lipinski definition) is 6. The van der Waals surface area contributed by atoms with Crippen LogP contribution in [0.1, 0.15) is 38.9 Å². The van der Waals surface area contributed by atoms with Gasteiger partial charge in [-0.3, -0.25) is 9.59 Å². The normalized spacial score (nSPS) is 10.9. The predicted molar refractivity (Wildman–Crippen MR) is 137 cm³/mol. The molecule has 1 N–H and O–H groups in total. The van der Waals surface area contributed by atoms with Gasteiger partial charge < -0.3 is 10.1 Å². The average Bonchev–Trinajstić information content (AvgIpc) is 3.48. The van der Waals surface area contributed by atoms with Crippen LogP contribution >= 0.6 is 11.3 Å². The van der Waals surface area contributed by atoms with Crippen molar-refractivity contribution in [3.8, 4) is 10.9 Å². The Morgan fingerprint density at radius 2 is 1.66 bits per heavy atom. The van der Waals surface area contributed by atoms with Crippen LogP contribution in [0.2, 0.25) is 0 Å². The molecule has 0 aliphatic heterocycles. The molecular weight excluding hydrogens is 460 g/mol. The van der Waals surface area contributed by atoms with Crippen molar-refractivity contribution in [1.29, 1.82) is 0 Å². The molecule has 35 heavy (non-hydrogen) atoms. The number of thiazole rings is 1. The van der Waals surface area contributed by atoms with Crippen molar-refractivity contribution in [3.63, 3.8) is 0 Å². The number of para-hydroxylation sites is 1. The number of nitrogens with one attached hydrogen (secondary N) is 1. The van der Waals surface area contributed by atoms with Crippen LogP contribution in [0.3, 0.4) is 0 Å². The van der Waals surface area contributed by atoms with Crippen LogP contribution in [0, 0.1) is 6.92 Å². The van der Waals surface area contributed by atoms with Gasteiger partial charge in [-0.05, 0) is 38.1 Å². The number of amides is 1. The van der Waals surface area contributed by atoms with Crippen molar-refractivity contribution in [2.75, 3.05) is 11.9 Å². The van der Waals surface area contributed by atoms with Gasteiger partial charge in [0.05, 0.1) is 17.0 Å². The molecule has 2 aromatic heterocycles. The first-order valence-corrected chi connectivity index (χ1v) is 12.0. The summed E-state index contributed by atoms with van der Waals surface area (Å²) < 4.78 is 8.30. The molecule has 0 radical (unpaired) electrons. The Morgan fingerprint density at radius 3 is 2.40 bits per heavy atom. The van der Waals surface area contributed by atoms with Gasteiger partial charge in [-0.2, -0.15) is 9.78 Å². The molecule has 0 saturated carbocycles. The van der Waals surface area contributed by atoms with Crippen LogP contribution in [-0.4, -0.2) is 33.1 Å². The van der Waals surface area contributed by atoms with Crippen molar-refractivity contribution in [2.24, 2.45) is 0 Å². The quantitative estimate of drug-likeness (QED) is 0.302. The smallest absolute Gasteiger partial charge is 0.256 e. The third-order valence-electron chi connectivity index (χ3n) is 5.37. The van der Waals surface area contributed by atoms with Crippen LogP contribution in [0.4, 0.5) is 5.82 Å². The monoisotopic (exact) mass is 482 g/mol. The Balaban J connectivity index is 1.39. The summed E-state index contributed by atoms with van der Waals surface area (Å²) in [4.78, 5) is 30.4. The summed E-state index contributed by atoms with van der Waals surface area (Å²) in [6, 6.07) is 23.2. The molecule has 2 heterocycles.